The highest BCUT2D eigenvalue weighted by Crippen LogP contribution is 2.19. The fourth-order valence-corrected chi connectivity index (χ4v) is 2.19. The van der Waals surface area contributed by atoms with Crippen molar-refractivity contribution >= 4 is 12.2 Å². The molecule has 2 N–H and O–H groups in total. The Balaban J connectivity index is 2.16. The molecule has 2 aromatic heterocycles. The lowest BCUT2D eigenvalue weighted by atomic mass is 10.1. The molecular formula is C11H11N3OS. The van der Waals surface area contributed by atoms with Gasteiger partial charge in [-0.15, -0.1) is 0 Å². The van der Waals surface area contributed by atoms with E-state index in [9.17, 15) is 0 Å². The van der Waals surface area contributed by atoms with Gasteiger partial charge in [0.1, 0.15) is 16.7 Å². The summed E-state index contributed by atoms with van der Waals surface area (Å²) in [6.07, 6.45) is 4.27. The van der Waals surface area contributed by atoms with Gasteiger partial charge in [0.15, 0.2) is 0 Å². The molecule has 2 aromatic rings. The number of hydrogen-bond acceptors (Lipinski definition) is 4. The summed E-state index contributed by atoms with van der Waals surface area (Å²) in [6, 6.07) is 1.88. The molecule has 0 radical (unpaired) electrons. The zero-order valence-corrected chi connectivity index (χ0v) is 9.43. The minimum Gasteiger partial charge on any atom is -0.472 e. The lowest BCUT2D eigenvalue weighted by Crippen LogP contribution is -2.25. The van der Waals surface area contributed by atoms with Gasteiger partial charge in [-0.2, -0.15) is 0 Å². The van der Waals surface area contributed by atoms with Crippen LogP contribution in [0.15, 0.2) is 23.0 Å². The molecule has 0 saturated carbocycles. The summed E-state index contributed by atoms with van der Waals surface area (Å²) in [7, 11) is 0. The Morgan fingerprint density at radius 1 is 1.44 bits per heavy atom. The van der Waals surface area contributed by atoms with Crippen LogP contribution < -0.4 is 5.32 Å². The summed E-state index contributed by atoms with van der Waals surface area (Å²) in [4.78, 5) is 7.72. The monoisotopic (exact) mass is 233 g/mol. The summed E-state index contributed by atoms with van der Waals surface area (Å²) < 4.78 is 5.72. The van der Waals surface area contributed by atoms with Crippen molar-refractivity contribution in [2.45, 2.75) is 13.0 Å². The van der Waals surface area contributed by atoms with E-state index >= 15 is 0 Å². The highest BCUT2D eigenvalue weighted by Gasteiger charge is 2.13. The molecule has 3 heterocycles. The highest BCUT2D eigenvalue weighted by molar-refractivity contribution is 7.71. The number of fused-ring (bicyclic) bond motifs is 1. The molecule has 0 saturated heterocycles. The molecule has 4 nitrogen and oxygen atoms in total. The average Bonchev–Trinajstić information content (AvgIpc) is 2.82. The Hall–Kier alpha value is -1.46. The van der Waals surface area contributed by atoms with E-state index in [1.165, 1.54) is 5.69 Å². The lowest BCUT2D eigenvalue weighted by Gasteiger charge is -2.17. The fraction of sp³-hybridized carbons (Fsp3) is 0.273. The molecule has 3 rings (SSSR count). The summed E-state index contributed by atoms with van der Waals surface area (Å²) in [5, 5.41) is 3.29. The largest absolute Gasteiger partial charge is 0.472 e. The van der Waals surface area contributed by atoms with E-state index < -0.39 is 0 Å². The van der Waals surface area contributed by atoms with E-state index in [1.54, 1.807) is 12.5 Å². The normalized spacial score (nSPS) is 14.8. The third kappa shape index (κ3) is 1.58. The summed E-state index contributed by atoms with van der Waals surface area (Å²) in [6.45, 7) is 1.79. The maximum absolute atomic E-state index is 5.30. The zero-order chi connectivity index (χ0) is 11.0. The van der Waals surface area contributed by atoms with Crippen LogP contribution in [-0.4, -0.2) is 16.5 Å². The Bertz CT molecular complexity index is 559. The van der Waals surface area contributed by atoms with Gasteiger partial charge in [0.2, 0.25) is 0 Å². The topological polar surface area (TPSA) is 53.9 Å². The number of nitrogens with one attached hydrogen (secondary N) is 2. The van der Waals surface area contributed by atoms with Crippen molar-refractivity contribution in [3.63, 3.8) is 0 Å². The number of nitrogens with zero attached hydrogens (tertiary/aromatic N) is 1. The third-order valence-corrected chi connectivity index (χ3v) is 3.09. The van der Waals surface area contributed by atoms with E-state index in [0.29, 0.717) is 4.64 Å². The van der Waals surface area contributed by atoms with Crippen molar-refractivity contribution in [3.05, 3.63) is 34.5 Å². The van der Waals surface area contributed by atoms with E-state index in [2.05, 4.69) is 15.3 Å². The van der Waals surface area contributed by atoms with Crippen LogP contribution in [0.5, 0.6) is 0 Å². The van der Waals surface area contributed by atoms with Gasteiger partial charge in [0.25, 0.3) is 0 Å². The van der Waals surface area contributed by atoms with Crippen molar-refractivity contribution < 1.29 is 4.42 Å². The maximum Gasteiger partial charge on any atom is 0.142 e. The highest BCUT2D eigenvalue weighted by atomic mass is 32.1. The van der Waals surface area contributed by atoms with E-state index in [-0.39, 0.29) is 0 Å². The van der Waals surface area contributed by atoms with Crippen LogP contribution in [0, 0.1) is 4.64 Å². The first kappa shape index (κ1) is 9.74. The molecule has 82 valence electrons. The molecule has 5 heteroatoms. The van der Waals surface area contributed by atoms with Crippen molar-refractivity contribution in [2.75, 3.05) is 6.54 Å². The molecule has 0 fully saturated rings. The van der Waals surface area contributed by atoms with Crippen molar-refractivity contribution in [2.24, 2.45) is 0 Å². The molecule has 16 heavy (non-hydrogen) atoms. The number of furan rings is 1. The molecule has 1 aliphatic heterocycles. The van der Waals surface area contributed by atoms with Gasteiger partial charge in [-0.05, 0) is 6.07 Å². The van der Waals surface area contributed by atoms with Gasteiger partial charge in [-0.25, -0.2) is 4.98 Å². The molecule has 0 spiro atoms. The minimum atomic E-state index is 0.678. The second-order valence-corrected chi connectivity index (χ2v) is 4.17. The molecule has 0 aromatic carbocycles. The standard InChI is InChI=1S/C11H11N3OS/c16-11-8-5-12-3-1-9(8)13-10(14-11)7-2-4-15-6-7/h2,4,6,12H,1,3,5H2,(H,13,14,16). The van der Waals surface area contributed by atoms with Crippen LogP contribution in [0.2, 0.25) is 0 Å². The predicted octanol–water partition coefficient (Wildman–Crippen LogP) is 2.04. The predicted molar refractivity (Wildman–Crippen MR) is 62.5 cm³/mol. The Kier molecular flexibility index (Phi) is 2.34. The van der Waals surface area contributed by atoms with Crippen molar-refractivity contribution in [1.82, 2.24) is 15.3 Å². The van der Waals surface area contributed by atoms with Crippen LogP contribution in [0.3, 0.4) is 0 Å². The smallest absolute Gasteiger partial charge is 0.142 e. The van der Waals surface area contributed by atoms with Gasteiger partial charge in [0, 0.05) is 30.8 Å². The molecule has 1 aliphatic rings. The van der Waals surface area contributed by atoms with E-state index in [1.807, 2.05) is 6.07 Å². The Labute approximate surface area is 97.7 Å². The van der Waals surface area contributed by atoms with Gasteiger partial charge >= 0.3 is 0 Å². The van der Waals surface area contributed by atoms with Gasteiger partial charge in [-0.1, -0.05) is 12.2 Å². The fourth-order valence-electron chi connectivity index (χ4n) is 1.90. The molecule has 0 aliphatic carbocycles. The third-order valence-electron chi connectivity index (χ3n) is 2.75. The summed E-state index contributed by atoms with van der Waals surface area (Å²) >= 11 is 5.30. The van der Waals surface area contributed by atoms with Gasteiger partial charge in [0.05, 0.1) is 11.8 Å². The first-order valence-corrected chi connectivity index (χ1v) is 5.61. The Morgan fingerprint density at radius 2 is 2.38 bits per heavy atom. The number of aromatic nitrogens is 2. The number of H-pyrrole nitrogens is 1. The molecule has 0 amide bonds. The van der Waals surface area contributed by atoms with Gasteiger partial charge < -0.3 is 14.7 Å². The van der Waals surface area contributed by atoms with Crippen LogP contribution in [0.4, 0.5) is 0 Å². The van der Waals surface area contributed by atoms with E-state index in [0.717, 1.165) is 36.5 Å². The lowest BCUT2D eigenvalue weighted by molar-refractivity contribution is 0.567. The second-order valence-electron chi connectivity index (χ2n) is 3.79. The molecule has 0 unspecified atom stereocenters. The van der Waals surface area contributed by atoms with Crippen LogP contribution in [0.25, 0.3) is 11.4 Å². The molecule has 0 bridgehead atoms. The quantitative estimate of drug-likeness (QED) is 0.740. The number of rotatable bonds is 1. The first-order chi connectivity index (χ1) is 7.84. The van der Waals surface area contributed by atoms with Gasteiger partial charge in [-0.3, -0.25) is 0 Å². The van der Waals surface area contributed by atoms with Crippen LogP contribution in [0.1, 0.15) is 11.3 Å². The number of aromatic amines is 1. The van der Waals surface area contributed by atoms with Crippen molar-refractivity contribution in [1.29, 1.82) is 0 Å². The van der Waals surface area contributed by atoms with Crippen molar-refractivity contribution in [3.8, 4) is 11.4 Å². The first-order valence-electron chi connectivity index (χ1n) is 5.20. The SMILES string of the molecule is S=c1nc(-c2ccoc2)[nH]c2c1CNCC2. The average molecular weight is 233 g/mol. The summed E-state index contributed by atoms with van der Waals surface area (Å²) in [5.74, 6) is 0.791. The minimum absolute atomic E-state index is 0.678. The number of hydrogen-bond donors (Lipinski definition) is 2. The Morgan fingerprint density at radius 3 is 3.19 bits per heavy atom. The maximum atomic E-state index is 5.30. The summed E-state index contributed by atoms with van der Waals surface area (Å²) in [5.41, 5.74) is 3.25. The zero-order valence-electron chi connectivity index (χ0n) is 8.62. The molecule has 0 atom stereocenters. The molecular weight excluding hydrogens is 222 g/mol. The van der Waals surface area contributed by atoms with E-state index in [4.69, 9.17) is 16.6 Å². The van der Waals surface area contributed by atoms with Crippen LogP contribution in [-0.2, 0) is 13.0 Å². The van der Waals surface area contributed by atoms with Crippen LogP contribution >= 0.6 is 12.2 Å². The second kappa shape index (κ2) is 3.84.